The number of hydrogen-bond donors (Lipinski definition) is 0. The highest BCUT2D eigenvalue weighted by Gasteiger charge is 2.26. The first-order chi connectivity index (χ1) is 12.2. The Hall–Kier alpha value is -2.66. The average molecular weight is 336 g/mol. The Kier molecular flexibility index (Phi) is 4.24. The number of nitrogens with zero attached hydrogens (tertiary/aromatic N) is 2. The van der Waals surface area contributed by atoms with E-state index in [1.165, 1.54) is 5.56 Å². The van der Waals surface area contributed by atoms with E-state index in [0.29, 0.717) is 44.0 Å². The van der Waals surface area contributed by atoms with E-state index in [4.69, 9.17) is 4.74 Å². The van der Waals surface area contributed by atoms with Crippen LogP contribution >= 0.6 is 0 Å². The molecule has 2 amide bonds. The third kappa shape index (κ3) is 3.03. The van der Waals surface area contributed by atoms with Crippen molar-refractivity contribution >= 4 is 17.5 Å². The van der Waals surface area contributed by atoms with E-state index in [-0.39, 0.29) is 11.8 Å². The molecule has 2 aromatic carbocycles. The van der Waals surface area contributed by atoms with Gasteiger partial charge in [-0.3, -0.25) is 9.59 Å². The third-order valence-electron chi connectivity index (χ3n) is 4.79. The van der Waals surface area contributed by atoms with Gasteiger partial charge in [0.15, 0.2) is 0 Å². The zero-order valence-electron chi connectivity index (χ0n) is 14.0. The molecule has 4 rings (SSSR count). The maximum absolute atomic E-state index is 12.9. The van der Waals surface area contributed by atoms with Crippen molar-refractivity contribution in [1.82, 2.24) is 4.90 Å². The minimum Gasteiger partial charge on any atom is -0.378 e. The minimum atomic E-state index is -0.0541. The highest BCUT2D eigenvalue weighted by Crippen LogP contribution is 2.29. The SMILES string of the molecule is O=C(c1cccc(C(=O)N2CCc3ccccc32)c1)N1CCOCC1. The molecule has 0 N–H and O–H groups in total. The fraction of sp³-hybridized carbons (Fsp3) is 0.300. The van der Waals surface area contributed by atoms with Crippen LogP contribution in [0.1, 0.15) is 26.3 Å². The predicted molar refractivity (Wildman–Crippen MR) is 95.0 cm³/mol. The number of ether oxygens (including phenoxy) is 1. The molecule has 1 saturated heterocycles. The summed E-state index contributed by atoms with van der Waals surface area (Å²) in [7, 11) is 0. The van der Waals surface area contributed by atoms with Gasteiger partial charge in [-0.1, -0.05) is 24.3 Å². The van der Waals surface area contributed by atoms with Crippen LogP contribution in [0.25, 0.3) is 0 Å². The lowest BCUT2D eigenvalue weighted by atomic mass is 10.1. The van der Waals surface area contributed by atoms with Crippen LogP contribution in [0.15, 0.2) is 48.5 Å². The second-order valence-electron chi connectivity index (χ2n) is 6.32. The number of benzene rings is 2. The Bertz CT molecular complexity index is 812. The van der Waals surface area contributed by atoms with Gasteiger partial charge in [0.2, 0.25) is 0 Å². The van der Waals surface area contributed by atoms with E-state index >= 15 is 0 Å². The first-order valence-electron chi connectivity index (χ1n) is 8.61. The summed E-state index contributed by atoms with van der Waals surface area (Å²) in [5.41, 5.74) is 3.27. The molecular weight excluding hydrogens is 316 g/mol. The zero-order chi connectivity index (χ0) is 17.2. The fourth-order valence-electron chi connectivity index (χ4n) is 3.44. The molecule has 0 saturated carbocycles. The number of anilines is 1. The molecule has 0 spiro atoms. The summed E-state index contributed by atoms with van der Waals surface area (Å²) in [4.78, 5) is 29.2. The third-order valence-corrected chi connectivity index (χ3v) is 4.79. The van der Waals surface area contributed by atoms with Crippen molar-refractivity contribution in [3.05, 3.63) is 65.2 Å². The molecule has 0 atom stereocenters. The molecule has 5 heteroatoms. The van der Waals surface area contributed by atoms with Crippen LogP contribution in [0.4, 0.5) is 5.69 Å². The van der Waals surface area contributed by atoms with Crippen LogP contribution < -0.4 is 4.90 Å². The highest BCUT2D eigenvalue weighted by atomic mass is 16.5. The molecule has 0 radical (unpaired) electrons. The molecule has 0 aromatic heterocycles. The van der Waals surface area contributed by atoms with E-state index in [1.54, 1.807) is 34.1 Å². The number of carbonyl (C=O) groups is 2. The first-order valence-corrected chi connectivity index (χ1v) is 8.61. The number of amides is 2. The quantitative estimate of drug-likeness (QED) is 0.846. The predicted octanol–water partition coefficient (Wildman–Crippen LogP) is 2.36. The van der Waals surface area contributed by atoms with E-state index in [2.05, 4.69) is 6.07 Å². The molecule has 25 heavy (non-hydrogen) atoms. The number of fused-ring (bicyclic) bond motifs is 1. The summed E-state index contributed by atoms with van der Waals surface area (Å²) in [6, 6.07) is 15.0. The lowest BCUT2D eigenvalue weighted by Crippen LogP contribution is -2.40. The van der Waals surface area contributed by atoms with Gasteiger partial charge >= 0.3 is 0 Å². The Labute approximate surface area is 146 Å². The van der Waals surface area contributed by atoms with Crippen molar-refractivity contribution < 1.29 is 14.3 Å². The van der Waals surface area contributed by atoms with Crippen molar-refractivity contribution in [2.45, 2.75) is 6.42 Å². The van der Waals surface area contributed by atoms with Crippen molar-refractivity contribution in [3.8, 4) is 0 Å². The topological polar surface area (TPSA) is 49.9 Å². The smallest absolute Gasteiger partial charge is 0.258 e. The van der Waals surface area contributed by atoms with Crippen molar-refractivity contribution in [2.75, 3.05) is 37.7 Å². The molecule has 0 aliphatic carbocycles. The summed E-state index contributed by atoms with van der Waals surface area (Å²) in [6.07, 6.45) is 0.869. The Balaban J connectivity index is 1.57. The number of rotatable bonds is 2. The van der Waals surface area contributed by atoms with Crippen LogP contribution in [0.3, 0.4) is 0 Å². The molecular formula is C20H20N2O3. The maximum Gasteiger partial charge on any atom is 0.258 e. The minimum absolute atomic E-state index is 0.0419. The van der Waals surface area contributed by atoms with E-state index in [0.717, 1.165) is 12.1 Å². The van der Waals surface area contributed by atoms with Crippen LogP contribution in [0.2, 0.25) is 0 Å². The number of hydrogen-bond acceptors (Lipinski definition) is 3. The summed E-state index contributed by atoms with van der Waals surface area (Å²) < 4.78 is 5.29. The lowest BCUT2D eigenvalue weighted by molar-refractivity contribution is 0.0303. The summed E-state index contributed by atoms with van der Waals surface area (Å²) in [5.74, 6) is -0.0960. The number of carbonyl (C=O) groups excluding carboxylic acids is 2. The normalized spacial score (nSPS) is 16.6. The van der Waals surface area contributed by atoms with Crippen LogP contribution in [0.5, 0.6) is 0 Å². The van der Waals surface area contributed by atoms with Crippen LogP contribution in [-0.4, -0.2) is 49.6 Å². The first kappa shape index (κ1) is 15.8. The second-order valence-corrected chi connectivity index (χ2v) is 6.32. The Morgan fingerprint density at radius 3 is 2.36 bits per heavy atom. The van der Waals surface area contributed by atoms with E-state index in [1.807, 2.05) is 18.2 Å². The average Bonchev–Trinajstić information content (AvgIpc) is 3.12. The number of para-hydroxylation sites is 1. The van der Waals surface area contributed by atoms with Crippen molar-refractivity contribution in [2.24, 2.45) is 0 Å². The van der Waals surface area contributed by atoms with Gasteiger partial charge in [-0.25, -0.2) is 0 Å². The van der Waals surface area contributed by atoms with Gasteiger partial charge in [-0.15, -0.1) is 0 Å². The van der Waals surface area contributed by atoms with Crippen molar-refractivity contribution in [3.63, 3.8) is 0 Å². The molecule has 1 fully saturated rings. The fourth-order valence-corrected chi connectivity index (χ4v) is 3.44. The van der Waals surface area contributed by atoms with Gasteiger partial charge in [-0.05, 0) is 36.2 Å². The standard InChI is InChI=1S/C20H20N2O3/c23-19(21-10-12-25-13-11-21)16-5-3-6-17(14-16)20(24)22-9-8-15-4-1-2-7-18(15)22/h1-7,14H,8-13H2. The van der Waals surface area contributed by atoms with Gasteiger partial charge in [0, 0.05) is 36.4 Å². The summed E-state index contributed by atoms with van der Waals surface area (Å²) in [5, 5.41) is 0. The molecule has 2 heterocycles. The van der Waals surface area contributed by atoms with Gasteiger partial charge in [0.1, 0.15) is 0 Å². The molecule has 0 bridgehead atoms. The molecule has 5 nitrogen and oxygen atoms in total. The molecule has 2 aliphatic heterocycles. The zero-order valence-corrected chi connectivity index (χ0v) is 14.0. The lowest BCUT2D eigenvalue weighted by Gasteiger charge is -2.27. The monoisotopic (exact) mass is 336 g/mol. The van der Waals surface area contributed by atoms with Gasteiger partial charge in [0.05, 0.1) is 13.2 Å². The molecule has 2 aliphatic rings. The van der Waals surface area contributed by atoms with E-state index in [9.17, 15) is 9.59 Å². The molecule has 0 unspecified atom stereocenters. The summed E-state index contributed by atoms with van der Waals surface area (Å²) >= 11 is 0. The van der Waals surface area contributed by atoms with Crippen LogP contribution in [0, 0.1) is 0 Å². The number of morpholine rings is 1. The van der Waals surface area contributed by atoms with Crippen LogP contribution in [-0.2, 0) is 11.2 Å². The van der Waals surface area contributed by atoms with Crippen molar-refractivity contribution in [1.29, 1.82) is 0 Å². The Morgan fingerprint density at radius 2 is 1.56 bits per heavy atom. The highest BCUT2D eigenvalue weighted by molar-refractivity contribution is 6.08. The van der Waals surface area contributed by atoms with E-state index < -0.39 is 0 Å². The Morgan fingerprint density at radius 1 is 0.840 bits per heavy atom. The molecule has 128 valence electrons. The second kappa shape index (κ2) is 6.69. The van der Waals surface area contributed by atoms with Gasteiger partial charge in [-0.2, -0.15) is 0 Å². The maximum atomic E-state index is 12.9. The molecule has 2 aromatic rings. The van der Waals surface area contributed by atoms with Gasteiger partial charge in [0.25, 0.3) is 11.8 Å². The van der Waals surface area contributed by atoms with Gasteiger partial charge < -0.3 is 14.5 Å². The summed E-state index contributed by atoms with van der Waals surface area (Å²) in [6.45, 7) is 3.00. The largest absolute Gasteiger partial charge is 0.378 e.